The minimum absolute atomic E-state index is 0.0286. The zero-order chi connectivity index (χ0) is 11.6. The van der Waals surface area contributed by atoms with Gasteiger partial charge in [0.05, 0.1) is 10.7 Å². The van der Waals surface area contributed by atoms with Gasteiger partial charge in [0.2, 0.25) is 0 Å². The molecule has 0 amide bonds. The van der Waals surface area contributed by atoms with Gasteiger partial charge in [-0.05, 0) is 38.5 Å². The zero-order valence-corrected chi connectivity index (χ0v) is 10.5. The molecule has 1 unspecified atom stereocenters. The summed E-state index contributed by atoms with van der Waals surface area (Å²) in [7, 11) is 2.04. The highest BCUT2D eigenvalue weighted by Gasteiger charge is 2.10. The molecular weight excluding hydrogens is 208 g/mol. The van der Waals surface area contributed by atoms with Gasteiger partial charge in [0.15, 0.2) is 0 Å². The van der Waals surface area contributed by atoms with Crippen LogP contribution in [0.15, 0.2) is 18.2 Å². The van der Waals surface area contributed by atoms with Crippen molar-refractivity contribution >= 4 is 17.3 Å². The van der Waals surface area contributed by atoms with Crippen LogP contribution in [0.1, 0.15) is 32.4 Å². The van der Waals surface area contributed by atoms with E-state index in [1.807, 2.05) is 32.2 Å². The third kappa shape index (κ3) is 2.86. The smallest absolute Gasteiger partial charge is 0.0642 e. The summed E-state index contributed by atoms with van der Waals surface area (Å²) in [4.78, 5) is 2.15. The summed E-state index contributed by atoms with van der Waals surface area (Å²) in [5, 5.41) is 0.765. The van der Waals surface area contributed by atoms with Crippen LogP contribution in [0.4, 0.5) is 5.69 Å². The summed E-state index contributed by atoms with van der Waals surface area (Å²) in [6.45, 7) is 6.23. The van der Waals surface area contributed by atoms with Crippen molar-refractivity contribution in [1.29, 1.82) is 0 Å². The van der Waals surface area contributed by atoms with Crippen molar-refractivity contribution in [3.05, 3.63) is 28.8 Å². The Labute approximate surface area is 97.0 Å². The van der Waals surface area contributed by atoms with Gasteiger partial charge in [0.1, 0.15) is 0 Å². The minimum atomic E-state index is 0.0286. The number of nitrogens with two attached hydrogens (primary N) is 1. The highest BCUT2D eigenvalue weighted by molar-refractivity contribution is 6.33. The van der Waals surface area contributed by atoms with Crippen LogP contribution >= 0.6 is 11.6 Å². The molecule has 0 saturated heterocycles. The van der Waals surface area contributed by atoms with E-state index in [0.29, 0.717) is 6.04 Å². The lowest BCUT2D eigenvalue weighted by atomic mass is 10.1. The van der Waals surface area contributed by atoms with E-state index in [1.165, 1.54) is 0 Å². The van der Waals surface area contributed by atoms with Crippen molar-refractivity contribution in [1.82, 2.24) is 0 Å². The highest BCUT2D eigenvalue weighted by atomic mass is 35.5. The Kier molecular flexibility index (Phi) is 4.00. The lowest BCUT2D eigenvalue weighted by Crippen LogP contribution is -2.25. The molecule has 1 aromatic rings. The molecule has 1 rings (SSSR count). The monoisotopic (exact) mass is 226 g/mol. The van der Waals surface area contributed by atoms with E-state index in [9.17, 15) is 0 Å². The summed E-state index contributed by atoms with van der Waals surface area (Å²) in [6.07, 6.45) is 0. The molecule has 15 heavy (non-hydrogen) atoms. The first-order chi connectivity index (χ1) is 6.93. The Morgan fingerprint density at radius 3 is 2.27 bits per heavy atom. The fourth-order valence-corrected chi connectivity index (χ4v) is 1.69. The summed E-state index contributed by atoms with van der Waals surface area (Å²) in [6, 6.07) is 6.47. The van der Waals surface area contributed by atoms with Crippen molar-refractivity contribution in [2.45, 2.75) is 32.9 Å². The van der Waals surface area contributed by atoms with E-state index in [2.05, 4.69) is 18.7 Å². The van der Waals surface area contributed by atoms with E-state index in [4.69, 9.17) is 17.3 Å². The molecule has 1 atom stereocenters. The van der Waals surface area contributed by atoms with Gasteiger partial charge in [0.25, 0.3) is 0 Å². The van der Waals surface area contributed by atoms with Crippen LogP contribution < -0.4 is 10.6 Å². The zero-order valence-electron chi connectivity index (χ0n) is 9.79. The number of halogens is 1. The van der Waals surface area contributed by atoms with Gasteiger partial charge in [-0.2, -0.15) is 0 Å². The van der Waals surface area contributed by atoms with E-state index < -0.39 is 0 Å². The average Bonchev–Trinajstić information content (AvgIpc) is 2.16. The maximum Gasteiger partial charge on any atom is 0.0642 e. The van der Waals surface area contributed by atoms with E-state index >= 15 is 0 Å². The minimum Gasteiger partial charge on any atom is -0.371 e. The maximum absolute atomic E-state index is 6.22. The first kappa shape index (κ1) is 12.3. The van der Waals surface area contributed by atoms with Crippen LogP contribution in [0.25, 0.3) is 0 Å². The van der Waals surface area contributed by atoms with Gasteiger partial charge in [-0.15, -0.1) is 0 Å². The third-order valence-electron chi connectivity index (χ3n) is 2.65. The number of hydrogen-bond acceptors (Lipinski definition) is 2. The van der Waals surface area contributed by atoms with E-state index in [-0.39, 0.29) is 6.04 Å². The van der Waals surface area contributed by atoms with Crippen LogP contribution in [0.5, 0.6) is 0 Å². The quantitative estimate of drug-likeness (QED) is 0.858. The van der Waals surface area contributed by atoms with Crippen molar-refractivity contribution in [2.24, 2.45) is 5.73 Å². The van der Waals surface area contributed by atoms with Crippen LogP contribution in [0.2, 0.25) is 5.02 Å². The molecule has 0 aliphatic rings. The maximum atomic E-state index is 6.22. The Hall–Kier alpha value is -0.730. The molecule has 0 spiro atoms. The fourth-order valence-electron chi connectivity index (χ4n) is 1.37. The molecule has 0 heterocycles. The molecule has 0 aromatic heterocycles. The summed E-state index contributed by atoms with van der Waals surface area (Å²) in [5.41, 5.74) is 7.92. The van der Waals surface area contributed by atoms with Gasteiger partial charge in [0, 0.05) is 19.1 Å². The van der Waals surface area contributed by atoms with Crippen LogP contribution in [0, 0.1) is 0 Å². The predicted octanol–water partition coefficient (Wildman–Crippen LogP) is 3.20. The molecule has 0 saturated carbocycles. The Bertz CT molecular complexity index is 334. The molecular formula is C12H19ClN2. The number of rotatable bonds is 3. The standard InChI is InChI=1S/C12H19ClN2/c1-8(2)15(4)12-6-5-10(9(3)14)7-11(12)13/h5-9H,14H2,1-4H3. The molecule has 0 fully saturated rings. The molecule has 3 heteroatoms. The van der Waals surface area contributed by atoms with Crippen molar-refractivity contribution in [3.8, 4) is 0 Å². The van der Waals surface area contributed by atoms with Gasteiger partial charge >= 0.3 is 0 Å². The van der Waals surface area contributed by atoms with Crippen LogP contribution in [-0.4, -0.2) is 13.1 Å². The third-order valence-corrected chi connectivity index (χ3v) is 2.95. The Balaban J connectivity index is 3.03. The largest absolute Gasteiger partial charge is 0.371 e. The number of hydrogen-bond donors (Lipinski definition) is 1. The number of nitrogens with zero attached hydrogens (tertiary/aromatic N) is 1. The second-order valence-corrected chi connectivity index (χ2v) is 4.61. The summed E-state index contributed by atoms with van der Waals surface area (Å²) >= 11 is 6.22. The van der Waals surface area contributed by atoms with Crippen LogP contribution in [0.3, 0.4) is 0 Å². The van der Waals surface area contributed by atoms with Gasteiger partial charge < -0.3 is 10.6 Å². The first-order valence-electron chi connectivity index (χ1n) is 5.21. The summed E-state index contributed by atoms with van der Waals surface area (Å²) < 4.78 is 0. The fraction of sp³-hybridized carbons (Fsp3) is 0.500. The Morgan fingerprint density at radius 2 is 1.87 bits per heavy atom. The molecule has 2 nitrogen and oxygen atoms in total. The van der Waals surface area contributed by atoms with E-state index in [1.54, 1.807) is 0 Å². The van der Waals surface area contributed by atoms with Gasteiger partial charge in [-0.1, -0.05) is 17.7 Å². The van der Waals surface area contributed by atoms with Gasteiger partial charge in [-0.3, -0.25) is 0 Å². The molecule has 0 bridgehead atoms. The average molecular weight is 227 g/mol. The van der Waals surface area contributed by atoms with Crippen molar-refractivity contribution < 1.29 is 0 Å². The predicted molar refractivity (Wildman–Crippen MR) is 67.6 cm³/mol. The second kappa shape index (κ2) is 4.86. The van der Waals surface area contributed by atoms with E-state index in [0.717, 1.165) is 16.3 Å². The second-order valence-electron chi connectivity index (χ2n) is 4.20. The SMILES string of the molecule is CC(N)c1ccc(N(C)C(C)C)c(Cl)c1. The number of benzene rings is 1. The van der Waals surface area contributed by atoms with Gasteiger partial charge in [-0.25, -0.2) is 0 Å². The number of anilines is 1. The molecule has 2 N–H and O–H groups in total. The molecule has 0 radical (unpaired) electrons. The molecule has 1 aromatic carbocycles. The summed E-state index contributed by atoms with van der Waals surface area (Å²) in [5.74, 6) is 0. The van der Waals surface area contributed by atoms with Crippen molar-refractivity contribution in [3.63, 3.8) is 0 Å². The lowest BCUT2D eigenvalue weighted by Gasteiger charge is -2.25. The first-order valence-corrected chi connectivity index (χ1v) is 5.59. The highest BCUT2D eigenvalue weighted by Crippen LogP contribution is 2.28. The lowest BCUT2D eigenvalue weighted by molar-refractivity contribution is 0.753. The molecule has 0 aliphatic heterocycles. The van der Waals surface area contributed by atoms with Crippen LogP contribution in [-0.2, 0) is 0 Å². The van der Waals surface area contributed by atoms with Crippen molar-refractivity contribution in [2.75, 3.05) is 11.9 Å². The normalized spacial score (nSPS) is 13.0. The topological polar surface area (TPSA) is 29.3 Å². The molecule has 0 aliphatic carbocycles. The molecule has 84 valence electrons. The Morgan fingerprint density at radius 1 is 1.27 bits per heavy atom.